The molecule has 0 aliphatic heterocycles. The van der Waals surface area contributed by atoms with Crippen LogP contribution in [-0.4, -0.2) is 18.8 Å². The maximum absolute atomic E-state index is 5.31. The van der Waals surface area contributed by atoms with Crippen LogP contribution in [0.3, 0.4) is 0 Å². The fraction of sp³-hybridized carbons (Fsp3) is 0. The van der Waals surface area contributed by atoms with E-state index in [-0.39, 0.29) is 0 Å². The van der Waals surface area contributed by atoms with E-state index in [1.165, 1.54) is 126 Å². The van der Waals surface area contributed by atoms with E-state index in [2.05, 4.69) is 300 Å². The predicted octanol–water partition coefficient (Wildman–Crippen LogP) is 21.8. The summed E-state index contributed by atoms with van der Waals surface area (Å²) >= 11 is 0. The molecule has 0 atom stereocenters. The Hall–Kier alpha value is -11.5. The lowest BCUT2D eigenvalue weighted by Crippen LogP contribution is -1.93. The molecule has 0 aliphatic carbocycles. The van der Waals surface area contributed by atoms with Gasteiger partial charge in [-0.2, -0.15) is 0 Å². The second kappa shape index (κ2) is 20.2. The molecule has 13 aromatic carbocycles. The number of benzene rings is 13. The third kappa shape index (κ3) is 8.22. The topological polar surface area (TPSA) is 34.6 Å². The fourth-order valence-corrected chi connectivity index (χ4v) is 13.6. The number of imidazole rings is 2. The average Bonchev–Trinajstić information content (AvgIpc) is 1.18. The van der Waals surface area contributed by atoms with Crippen LogP contribution in [0.15, 0.2) is 316 Å². The molecule has 0 bridgehead atoms. The Morgan fingerprint density at radius 2 is 0.558 bits per heavy atom. The largest absolute Gasteiger partial charge is 0.306 e. The Kier molecular flexibility index (Phi) is 11.5. The zero-order chi connectivity index (χ0) is 56.7. The summed E-state index contributed by atoms with van der Waals surface area (Å²) in [6.45, 7) is 0. The summed E-state index contributed by atoms with van der Waals surface area (Å²) in [5.74, 6) is 0. The van der Waals surface area contributed by atoms with E-state index in [0.29, 0.717) is 0 Å². The Labute approximate surface area is 497 Å². The highest BCUT2D eigenvalue weighted by Gasteiger charge is 2.22. The van der Waals surface area contributed by atoms with Crippen LogP contribution in [0.4, 0.5) is 0 Å². The van der Waals surface area contributed by atoms with Gasteiger partial charge in [-0.1, -0.05) is 249 Å². The summed E-state index contributed by atoms with van der Waals surface area (Å²) in [5.41, 5.74) is 22.7. The minimum atomic E-state index is 0.896. The number of rotatable bonds is 9. The maximum atomic E-state index is 5.31. The number of hydrogen-bond acceptors (Lipinski definition) is 2. The van der Waals surface area contributed by atoms with Crippen LogP contribution < -0.4 is 0 Å². The van der Waals surface area contributed by atoms with Crippen molar-refractivity contribution in [2.75, 3.05) is 0 Å². The Bertz CT molecular complexity index is 5300. The van der Waals surface area contributed by atoms with Crippen LogP contribution in [0.5, 0.6) is 0 Å². The second-order valence-corrected chi connectivity index (χ2v) is 22.5. The van der Waals surface area contributed by atoms with Crippen LogP contribution in [0.25, 0.3) is 166 Å². The van der Waals surface area contributed by atoms with Crippen molar-refractivity contribution in [2.24, 2.45) is 0 Å². The van der Waals surface area contributed by atoms with Crippen molar-refractivity contribution in [3.05, 3.63) is 316 Å². The zero-order valence-electron chi connectivity index (χ0n) is 46.8. The lowest BCUT2D eigenvalue weighted by molar-refractivity contribution is 1.19. The quantitative estimate of drug-likeness (QED) is 0.135. The molecule has 0 unspecified atom stereocenters. The van der Waals surface area contributed by atoms with E-state index < -0.39 is 0 Å². The molecule has 0 fully saturated rings. The van der Waals surface area contributed by atoms with Crippen LogP contribution in [-0.2, 0) is 0 Å². The molecule has 0 N–H and O–H groups in total. The van der Waals surface area contributed by atoms with Gasteiger partial charge in [0.05, 0.1) is 11.4 Å². The van der Waals surface area contributed by atoms with Crippen LogP contribution in [0.2, 0.25) is 0 Å². The number of aromatic nitrogens is 4. The average molecular weight is 1090 g/mol. The van der Waals surface area contributed by atoms with Gasteiger partial charge >= 0.3 is 0 Å². The van der Waals surface area contributed by atoms with Gasteiger partial charge < -0.3 is 8.80 Å². The van der Waals surface area contributed by atoms with Crippen molar-refractivity contribution in [1.82, 2.24) is 18.8 Å². The molecular formula is C82H52N4. The Balaban J connectivity index is 0.722. The van der Waals surface area contributed by atoms with E-state index in [1.807, 2.05) is 24.4 Å². The summed E-state index contributed by atoms with van der Waals surface area (Å²) in [5, 5.41) is 12.2. The van der Waals surface area contributed by atoms with Crippen molar-refractivity contribution < 1.29 is 0 Å². The van der Waals surface area contributed by atoms with Gasteiger partial charge in [-0.25, -0.2) is 9.97 Å². The van der Waals surface area contributed by atoms with Gasteiger partial charge in [0, 0.05) is 35.9 Å². The molecule has 86 heavy (non-hydrogen) atoms. The third-order valence-corrected chi connectivity index (χ3v) is 17.6. The molecule has 17 rings (SSSR count). The fourth-order valence-electron chi connectivity index (χ4n) is 13.6. The van der Waals surface area contributed by atoms with Gasteiger partial charge in [-0.15, -0.1) is 0 Å². The first-order valence-corrected chi connectivity index (χ1v) is 29.4. The first-order valence-electron chi connectivity index (χ1n) is 29.4. The predicted molar refractivity (Wildman–Crippen MR) is 360 cm³/mol. The first kappa shape index (κ1) is 49.2. The van der Waals surface area contributed by atoms with Gasteiger partial charge in [0.2, 0.25) is 0 Å². The van der Waals surface area contributed by atoms with Crippen molar-refractivity contribution in [2.45, 2.75) is 0 Å². The Morgan fingerprint density at radius 1 is 0.198 bits per heavy atom. The summed E-state index contributed by atoms with van der Waals surface area (Å²) in [6.07, 6.45) is 8.45. The second-order valence-electron chi connectivity index (χ2n) is 22.5. The van der Waals surface area contributed by atoms with E-state index in [0.717, 1.165) is 39.4 Å². The van der Waals surface area contributed by atoms with Crippen molar-refractivity contribution in [3.63, 3.8) is 0 Å². The normalized spacial score (nSPS) is 11.7. The van der Waals surface area contributed by atoms with Crippen molar-refractivity contribution >= 4 is 65.2 Å². The highest BCUT2D eigenvalue weighted by molar-refractivity contribution is 6.25. The molecule has 400 valence electrons. The van der Waals surface area contributed by atoms with Gasteiger partial charge in [-0.3, -0.25) is 0 Å². The van der Waals surface area contributed by atoms with Gasteiger partial charge in [-0.05, 0) is 174 Å². The van der Waals surface area contributed by atoms with Gasteiger partial charge in [0.1, 0.15) is 11.3 Å². The zero-order valence-corrected chi connectivity index (χ0v) is 46.8. The van der Waals surface area contributed by atoms with E-state index in [9.17, 15) is 0 Å². The standard InChI is InChI=1S/C82H52N4/c1-3-19-53(20-4-1)60-47-61(54-21-5-2-6-22-54)49-62(48-60)81-68-27-11-9-25-66(68)79(67-26-10-12-28-69(67)81)57-40-36-56(37-41-57)76-52-86-46-44-59(50-78(86)84-76)63-42-43-74(65-24-8-7-23-64(63)65)82-72-31-15-13-29-70(72)80(71-30-14-16-32-73(71)82)58-38-34-55(35-39-58)75-51-85-45-18-17-33-77(85)83-75/h1-52H. The highest BCUT2D eigenvalue weighted by Crippen LogP contribution is 2.49. The Morgan fingerprint density at radius 3 is 1.03 bits per heavy atom. The maximum Gasteiger partial charge on any atom is 0.138 e. The molecular weight excluding hydrogens is 1040 g/mol. The van der Waals surface area contributed by atoms with Gasteiger partial charge in [0.25, 0.3) is 0 Å². The smallest absolute Gasteiger partial charge is 0.138 e. The van der Waals surface area contributed by atoms with Gasteiger partial charge in [0.15, 0.2) is 0 Å². The molecule has 0 radical (unpaired) electrons. The number of hydrogen-bond donors (Lipinski definition) is 0. The molecule has 0 amide bonds. The molecule has 0 saturated heterocycles. The van der Waals surface area contributed by atoms with Crippen LogP contribution in [0, 0.1) is 0 Å². The van der Waals surface area contributed by atoms with Crippen LogP contribution >= 0.6 is 0 Å². The summed E-state index contributed by atoms with van der Waals surface area (Å²) in [7, 11) is 0. The number of nitrogens with zero attached hydrogens (tertiary/aromatic N) is 4. The SMILES string of the molecule is c1ccc(-c2cc(-c3ccccc3)cc(-c3c4ccccc4c(-c4ccc(-c5cn6ccc(-c7ccc(-c8c9ccccc9c(-c9ccc(-c%10cn%11ccccc%11n%10)cc9)c9ccccc89)c8ccccc78)cc6n5)cc4)c4ccccc34)c2)cc1. The minimum absolute atomic E-state index is 0.896. The first-order chi connectivity index (χ1) is 42.6. The monoisotopic (exact) mass is 1090 g/mol. The van der Waals surface area contributed by atoms with Crippen molar-refractivity contribution in [3.8, 4) is 100 Å². The molecule has 4 heteroatoms. The van der Waals surface area contributed by atoms with E-state index in [1.54, 1.807) is 0 Å². The molecule has 4 heterocycles. The third-order valence-electron chi connectivity index (χ3n) is 17.6. The van der Waals surface area contributed by atoms with Crippen LogP contribution in [0.1, 0.15) is 0 Å². The summed E-state index contributed by atoms with van der Waals surface area (Å²) in [6, 6.07) is 106. The number of fused-ring (bicyclic) bond motifs is 7. The highest BCUT2D eigenvalue weighted by atomic mass is 15.0. The molecule has 17 aromatic rings. The molecule has 4 aromatic heterocycles. The minimum Gasteiger partial charge on any atom is -0.306 e. The van der Waals surface area contributed by atoms with E-state index >= 15 is 0 Å². The van der Waals surface area contributed by atoms with Crippen molar-refractivity contribution in [1.29, 1.82) is 0 Å². The summed E-state index contributed by atoms with van der Waals surface area (Å²) < 4.78 is 4.22. The molecule has 0 spiro atoms. The molecule has 4 nitrogen and oxygen atoms in total. The van der Waals surface area contributed by atoms with E-state index in [4.69, 9.17) is 9.97 Å². The number of pyridine rings is 2. The summed E-state index contributed by atoms with van der Waals surface area (Å²) in [4.78, 5) is 10.2. The lowest BCUT2D eigenvalue weighted by atomic mass is 9.83. The molecule has 0 saturated carbocycles. The lowest BCUT2D eigenvalue weighted by Gasteiger charge is -2.19. The molecule has 0 aliphatic rings.